The predicted octanol–water partition coefficient (Wildman–Crippen LogP) is 3.37. The molecular weight excluding hydrogens is 403 g/mol. The van der Waals surface area contributed by atoms with E-state index in [9.17, 15) is 4.79 Å². The van der Waals surface area contributed by atoms with E-state index < -0.39 is 0 Å². The first kappa shape index (κ1) is 20.5. The summed E-state index contributed by atoms with van der Waals surface area (Å²) in [6.07, 6.45) is 2.03. The number of hydrogen-bond acceptors (Lipinski definition) is 6. The molecule has 1 aliphatic rings. The molecule has 0 aliphatic carbocycles. The van der Waals surface area contributed by atoms with Crippen LogP contribution in [-0.2, 0) is 6.42 Å². The van der Waals surface area contributed by atoms with Gasteiger partial charge in [0.15, 0.2) is 17.2 Å². The Balaban J connectivity index is 1.65. The van der Waals surface area contributed by atoms with Crippen LogP contribution in [0.5, 0.6) is 11.5 Å². The van der Waals surface area contributed by atoms with Gasteiger partial charge in [-0.05, 0) is 38.0 Å². The minimum Gasteiger partial charge on any atom is -0.486 e. The number of nitrogens with one attached hydrogen (secondary N) is 1. The number of halogens is 2. The lowest BCUT2D eigenvalue weighted by atomic mass is 10.1. The van der Waals surface area contributed by atoms with Crippen molar-refractivity contribution in [3.05, 3.63) is 39.6 Å². The average Bonchev–Trinajstić information content (AvgIpc) is 2.70. The van der Waals surface area contributed by atoms with Crippen LogP contribution in [0.2, 0.25) is 10.0 Å². The number of carbonyl (C=O) groups excluding carboxylic acids is 1. The van der Waals surface area contributed by atoms with Crippen molar-refractivity contribution in [1.82, 2.24) is 15.3 Å². The molecule has 150 valence electrons. The van der Waals surface area contributed by atoms with E-state index in [1.165, 1.54) is 6.20 Å². The summed E-state index contributed by atoms with van der Waals surface area (Å²) in [5.74, 6) is 1.34. The van der Waals surface area contributed by atoms with E-state index in [2.05, 4.69) is 15.3 Å². The van der Waals surface area contributed by atoms with Crippen LogP contribution >= 0.6 is 23.2 Å². The summed E-state index contributed by atoms with van der Waals surface area (Å²) in [6.45, 7) is 6.85. The zero-order valence-corrected chi connectivity index (χ0v) is 17.3. The molecule has 7 nitrogen and oxygen atoms in total. The van der Waals surface area contributed by atoms with Gasteiger partial charge in [0.05, 0.1) is 16.2 Å². The smallest absolute Gasteiger partial charge is 0.271 e. The van der Waals surface area contributed by atoms with Crippen LogP contribution < -0.4 is 19.7 Å². The van der Waals surface area contributed by atoms with Crippen molar-refractivity contribution < 1.29 is 14.3 Å². The largest absolute Gasteiger partial charge is 0.486 e. The Morgan fingerprint density at radius 1 is 1.18 bits per heavy atom. The van der Waals surface area contributed by atoms with E-state index in [0.717, 1.165) is 18.7 Å². The third-order valence-electron chi connectivity index (χ3n) is 4.35. The summed E-state index contributed by atoms with van der Waals surface area (Å²) in [4.78, 5) is 23.0. The molecule has 0 atom stereocenters. The average molecular weight is 425 g/mol. The molecule has 0 unspecified atom stereocenters. The molecule has 2 heterocycles. The van der Waals surface area contributed by atoms with Crippen LogP contribution in [0.4, 0.5) is 5.95 Å². The summed E-state index contributed by atoms with van der Waals surface area (Å²) in [6, 6.07) is 3.69. The number of anilines is 1. The summed E-state index contributed by atoms with van der Waals surface area (Å²) in [5.41, 5.74) is 1.10. The van der Waals surface area contributed by atoms with Gasteiger partial charge in [-0.3, -0.25) is 4.79 Å². The topological polar surface area (TPSA) is 76.6 Å². The Hall–Kier alpha value is -2.25. The molecule has 1 amide bonds. The van der Waals surface area contributed by atoms with Crippen LogP contribution in [0, 0.1) is 0 Å². The summed E-state index contributed by atoms with van der Waals surface area (Å²) in [5, 5.41) is 3.56. The molecular formula is C19H22Cl2N4O3. The minimum absolute atomic E-state index is 0.166. The summed E-state index contributed by atoms with van der Waals surface area (Å²) >= 11 is 12.4. The highest BCUT2D eigenvalue weighted by atomic mass is 35.5. The van der Waals surface area contributed by atoms with Gasteiger partial charge in [0.25, 0.3) is 5.91 Å². The first-order valence-corrected chi connectivity index (χ1v) is 9.92. The lowest BCUT2D eigenvalue weighted by molar-refractivity contribution is 0.0949. The third kappa shape index (κ3) is 4.59. The van der Waals surface area contributed by atoms with Gasteiger partial charge in [0.1, 0.15) is 13.2 Å². The molecule has 1 aromatic heterocycles. The maximum atomic E-state index is 12.5. The minimum atomic E-state index is -0.343. The molecule has 0 bridgehead atoms. The van der Waals surface area contributed by atoms with Crippen molar-refractivity contribution in [1.29, 1.82) is 0 Å². The van der Waals surface area contributed by atoms with Crippen LogP contribution in [0.3, 0.4) is 0 Å². The van der Waals surface area contributed by atoms with Gasteiger partial charge in [-0.15, -0.1) is 0 Å². The molecule has 9 heteroatoms. The molecule has 1 aliphatic heterocycles. The lowest BCUT2D eigenvalue weighted by Crippen LogP contribution is -2.29. The van der Waals surface area contributed by atoms with Crippen molar-refractivity contribution in [2.45, 2.75) is 20.3 Å². The fourth-order valence-electron chi connectivity index (χ4n) is 2.89. The molecule has 2 aromatic rings. The van der Waals surface area contributed by atoms with Crippen molar-refractivity contribution in [2.75, 3.05) is 37.7 Å². The van der Waals surface area contributed by atoms with Crippen molar-refractivity contribution in [3.8, 4) is 11.5 Å². The van der Waals surface area contributed by atoms with Crippen molar-refractivity contribution in [2.24, 2.45) is 0 Å². The molecule has 0 saturated heterocycles. The van der Waals surface area contributed by atoms with Crippen LogP contribution in [0.25, 0.3) is 0 Å². The Morgan fingerprint density at radius 2 is 1.93 bits per heavy atom. The normalized spacial score (nSPS) is 12.6. The summed E-state index contributed by atoms with van der Waals surface area (Å²) in [7, 11) is 0. The molecule has 1 aromatic carbocycles. The highest BCUT2D eigenvalue weighted by Gasteiger charge is 2.18. The number of carbonyl (C=O) groups is 1. The van der Waals surface area contributed by atoms with E-state index in [-0.39, 0.29) is 16.6 Å². The Labute approximate surface area is 174 Å². The van der Waals surface area contributed by atoms with Gasteiger partial charge < -0.3 is 19.7 Å². The van der Waals surface area contributed by atoms with Crippen LogP contribution in [0.15, 0.2) is 18.3 Å². The molecule has 0 saturated carbocycles. The van der Waals surface area contributed by atoms with Crippen molar-refractivity contribution in [3.63, 3.8) is 0 Å². The highest BCUT2D eigenvalue weighted by Crippen LogP contribution is 2.38. The second-order valence-electron chi connectivity index (χ2n) is 6.15. The third-order valence-corrected chi connectivity index (χ3v) is 4.91. The maximum Gasteiger partial charge on any atom is 0.271 e. The molecule has 0 radical (unpaired) electrons. The van der Waals surface area contributed by atoms with Gasteiger partial charge in [0.2, 0.25) is 5.95 Å². The standard InChI is InChI=1S/C19H22Cl2N4O3/c1-3-25(4-2)19-23-11-14(21)16(24-19)18(26)22-6-5-12-9-13(20)17-15(10-12)27-7-8-28-17/h9-11H,3-8H2,1-2H3,(H,22,26). The number of amides is 1. The Morgan fingerprint density at radius 3 is 2.68 bits per heavy atom. The Bertz CT molecular complexity index is 859. The molecule has 0 spiro atoms. The summed E-state index contributed by atoms with van der Waals surface area (Å²) < 4.78 is 11.1. The second-order valence-corrected chi connectivity index (χ2v) is 6.96. The number of rotatable bonds is 7. The number of ether oxygens (including phenoxy) is 2. The maximum absolute atomic E-state index is 12.5. The van der Waals surface area contributed by atoms with Gasteiger partial charge >= 0.3 is 0 Å². The number of nitrogens with zero attached hydrogens (tertiary/aromatic N) is 3. The fourth-order valence-corrected chi connectivity index (χ4v) is 3.35. The Kier molecular flexibility index (Phi) is 6.80. The highest BCUT2D eigenvalue weighted by molar-refractivity contribution is 6.33. The van der Waals surface area contributed by atoms with E-state index in [1.807, 2.05) is 30.9 Å². The second kappa shape index (κ2) is 9.30. The first-order chi connectivity index (χ1) is 13.5. The fraction of sp³-hybridized carbons (Fsp3) is 0.421. The quantitative estimate of drug-likeness (QED) is 0.733. The zero-order valence-electron chi connectivity index (χ0n) is 15.8. The van der Waals surface area contributed by atoms with E-state index in [0.29, 0.717) is 48.6 Å². The van der Waals surface area contributed by atoms with Crippen LogP contribution in [0.1, 0.15) is 29.9 Å². The number of aromatic nitrogens is 2. The van der Waals surface area contributed by atoms with E-state index >= 15 is 0 Å². The van der Waals surface area contributed by atoms with Gasteiger partial charge in [-0.1, -0.05) is 23.2 Å². The van der Waals surface area contributed by atoms with E-state index in [1.54, 1.807) is 0 Å². The predicted molar refractivity (Wildman–Crippen MR) is 109 cm³/mol. The number of benzene rings is 1. The monoisotopic (exact) mass is 424 g/mol. The number of hydrogen-bond donors (Lipinski definition) is 1. The van der Waals surface area contributed by atoms with Gasteiger partial charge in [0, 0.05) is 19.6 Å². The van der Waals surface area contributed by atoms with E-state index in [4.69, 9.17) is 32.7 Å². The first-order valence-electron chi connectivity index (χ1n) is 9.17. The molecule has 3 rings (SSSR count). The number of fused-ring (bicyclic) bond motifs is 1. The lowest BCUT2D eigenvalue weighted by Gasteiger charge is -2.20. The molecule has 1 N–H and O–H groups in total. The van der Waals surface area contributed by atoms with Crippen LogP contribution in [-0.4, -0.2) is 48.7 Å². The zero-order chi connectivity index (χ0) is 20.1. The van der Waals surface area contributed by atoms with Crippen molar-refractivity contribution >= 4 is 35.1 Å². The SMILES string of the molecule is CCN(CC)c1ncc(Cl)c(C(=O)NCCc2cc(Cl)c3c(c2)OCCO3)n1. The van der Waals surface area contributed by atoms with Gasteiger partial charge in [-0.25, -0.2) is 9.97 Å². The molecule has 0 fully saturated rings. The molecule has 28 heavy (non-hydrogen) atoms. The van der Waals surface area contributed by atoms with Gasteiger partial charge in [-0.2, -0.15) is 0 Å².